The minimum Gasteiger partial charge on any atom is -0.493 e. The topological polar surface area (TPSA) is 174 Å². The summed E-state index contributed by atoms with van der Waals surface area (Å²) in [6.45, 7) is 6.71. The number of rotatable bonds is 16. The monoisotopic (exact) mass is 826 g/mol. The molecule has 2 N–H and O–H groups in total. The zero-order valence-electron chi connectivity index (χ0n) is 35.1. The Morgan fingerprint density at radius 2 is 0.983 bits per heavy atom. The second-order valence-corrected chi connectivity index (χ2v) is 16.8. The number of methoxy groups -OCH3 is 4. The van der Waals surface area contributed by atoms with Crippen LogP contribution in [-0.4, -0.2) is 86.2 Å². The number of hydrogen-bond donors (Lipinski definition) is 2. The summed E-state index contributed by atoms with van der Waals surface area (Å²) in [6.07, 6.45) is 10.4. The highest BCUT2D eigenvalue weighted by molar-refractivity contribution is 5.88. The van der Waals surface area contributed by atoms with E-state index in [9.17, 15) is 29.4 Å². The van der Waals surface area contributed by atoms with Crippen molar-refractivity contribution in [3.05, 3.63) is 91.5 Å². The number of benzene rings is 2. The lowest BCUT2D eigenvalue weighted by molar-refractivity contribution is 0.0683. The number of carboxylic acids is 2. The van der Waals surface area contributed by atoms with Crippen LogP contribution in [0, 0.1) is 10.8 Å². The zero-order chi connectivity index (χ0) is 42.9. The van der Waals surface area contributed by atoms with Crippen LogP contribution in [0.25, 0.3) is 22.5 Å². The summed E-state index contributed by atoms with van der Waals surface area (Å²) < 4.78 is 37.1. The molecule has 2 aromatic heterocycles. The number of aromatic nitrogens is 2. The van der Waals surface area contributed by atoms with Gasteiger partial charge in [-0.15, -0.1) is 0 Å². The van der Waals surface area contributed by atoms with Gasteiger partial charge in [0.05, 0.1) is 38.8 Å². The van der Waals surface area contributed by atoms with Crippen molar-refractivity contribution in [2.45, 2.75) is 77.3 Å². The van der Waals surface area contributed by atoms with Crippen molar-refractivity contribution in [3.8, 4) is 45.5 Å². The van der Waals surface area contributed by atoms with Gasteiger partial charge in [-0.1, -0.05) is 13.8 Å². The lowest BCUT2D eigenvalue weighted by Gasteiger charge is -2.35. The molecule has 0 saturated heterocycles. The third-order valence-electron chi connectivity index (χ3n) is 12.6. The molecule has 320 valence electrons. The van der Waals surface area contributed by atoms with Gasteiger partial charge in [-0.05, 0) is 84.7 Å². The van der Waals surface area contributed by atoms with E-state index in [2.05, 4.69) is 13.8 Å². The molecule has 0 amide bonds. The van der Waals surface area contributed by atoms with Gasteiger partial charge in [-0.25, -0.2) is 9.59 Å². The Morgan fingerprint density at radius 1 is 0.600 bits per heavy atom. The minimum atomic E-state index is -1.20. The normalized spacial score (nSPS) is 18.3. The van der Waals surface area contributed by atoms with Crippen molar-refractivity contribution < 1.29 is 48.2 Å². The van der Waals surface area contributed by atoms with Gasteiger partial charge in [0.2, 0.25) is 0 Å². The molecule has 0 unspecified atom stereocenters. The molecule has 0 radical (unpaired) electrons. The fraction of sp³-hybridized carbons (Fsp3) is 0.478. The van der Waals surface area contributed by atoms with Crippen LogP contribution < -0.4 is 29.8 Å². The summed E-state index contributed by atoms with van der Waals surface area (Å²) in [7, 11) is 6.49. The van der Waals surface area contributed by atoms with Crippen molar-refractivity contribution in [2.75, 3.05) is 54.9 Å². The number of ether oxygens (including phenoxy) is 6. The summed E-state index contributed by atoms with van der Waals surface area (Å²) in [5, 5.41) is 18.9. The Balaban J connectivity index is 0.000000181. The molecule has 0 bridgehead atoms. The molecule has 2 aliphatic carbocycles. The summed E-state index contributed by atoms with van der Waals surface area (Å²) >= 11 is 0. The first-order valence-electron chi connectivity index (χ1n) is 20.4. The van der Waals surface area contributed by atoms with Crippen LogP contribution >= 0.6 is 0 Å². The molecular formula is C46H54N2O12. The molecule has 14 nitrogen and oxygen atoms in total. The van der Waals surface area contributed by atoms with Gasteiger partial charge in [-0.3, -0.25) is 9.59 Å². The van der Waals surface area contributed by atoms with Crippen LogP contribution in [0.2, 0.25) is 0 Å². The van der Waals surface area contributed by atoms with Crippen molar-refractivity contribution in [1.82, 2.24) is 9.13 Å². The van der Waals surface area contributed by atoms with Crippen molar-refractivity contribution in [2.24, 2.45) is 10.8 Å². The maximum atomic E-state index is 12.5. The molecule has 2 fully saturated rings. The standard InChI is InChI=1S/2C23H27NO6/c2*1-23(5-6-23)21-10-14-9-20(30-8-4-7-28-2)19(29-3)11-15(14)17-12-18(25)16(22(26)27)13-24(17)21/h2*9,11-13,21H,4-8,10H2,1-3H3,(H,26,27)/t2*21-/m10/s1. The predicted molar refractivity (Wildman–Crippen MR) is 223 cm³/mol. The van der Waals surface area contributed by atoms with E-state index in [0.717, 1.165) is 85.0 Å². The van der Waals surface area contributed by atoms with Crippen molar-refractivity contribution in [1.29, 1.82) is 0 Å². The van der Waals surface area contributed by atoms with Gasteiger partial charge < -0.3 is 47.8 Å². The highest BCUT2D eigenvalue weighted by atomic mass is 16.5. The van der Waals surface area contributed by atoms with E-state index in [1.807, 2.05) is 33.4 Å². The van der Waals surface area contributed by atoms with Gasteiger partial charge in [0, 0.05) is 88.0 Å². The third kappa shape index (κ3) is 8.40. The first-order chi connectivity index (χ1) is 28.7. The number of carbonyl (C=O) groups is 2. The molecule has 8 rings (SSSR count). The largest absolute Gasteiger partial charge is 0.493 e. The summed E-state index contributed by atoms with van der Waals surface area (Å²) in [5.41, 5.74) is 4.21. The molecule has 60 heavy (non-hydrogen) atoms. The van der Waals surface area contributed by atoms with E-state index in [1.165, 1.54) is 24.5 Å². The van der Waals surface area contributed by atoms with E-state index >= 15 is 0 Å². The Labute approximate surface area is 348 Å². The average molecular weight is 827 g/mol. The molecular weight excluding hydrogens is 773 g/mol. The van der Waals surface area contributed by atoms with Gasteiger partial charge in [0.25, 0.3) is 0 Å². The second kappa shape index (κ2) is 17.2. The van der Waals surface area contributed by atoms with E-state index in [0.29, 0.717) is 49.4 Å². The molecule has 0 spiro atoms. The SMILES string of the molecule is COCCCOc1cc2c(cc1OC)-c1cc(=O)c(C(=O)O)cn1[C@@H](C1(C)CC1)C2.COCCCOc1cc2c(cc1OC)-c1cc(=O)c(C(=O)O)cn1[C@H](C1(C)CC1)C2. The number of fused-ring (bicyclic) bond motifs is 6. The molecule has 4 aliphatic rings. The van der Waals surface area contributed by atoms with E-state index in [-0.39, 0.29) is 34.0 Å². The van der Waals surface area contributed by atoms with E-state index in [1.54, 1.807) is 28.4 Å². The minimum absolute atomic E-state index is 0.0911. The number of pyridine rings is 2. The summed E-state index contributed by atoms with van der Waals surface area (Å²) in [5.74, 6) is 0.124. The highest BCUT2D eigenvalue weighted by Crippen LogP contribution is 2.59. The molecule has 2 saturated carbocycles. The fourth-order valence-corrected chi connectivity index (χ4v) is 8.54. The number of hydrogen-bond acceptors (Lipinski definition) is 10. The van der Waals surface area contributed by atoms with Crippen LogP contribution in [0.3, 0.4) is 0 Å². The van der Waals surface area contributed by atoms with E-state index in [4.69, 9.17) is 28.4 Å². The van der Waals surface area contributed by atoms with Gasteiger partial charge in [-0.2, -0.15) is 0 Å². The lowest BCUT2D eigenvalue weighted by Crippen LogP contribution is -2.29. The Bertz CT molecular complexity index is 2240. The van der Waals surface area contributed by atoms with Crippen LogP contribution in [0.5, 0.6) is 23.0 Å². The molecule has 2 aliphatic heterocycles. The van der Waals surface area contributed by atoms with Crippen LogP contribution in [0.15, 0.2) is 58.4 Å². The molecule has 4 aromatic rings. The Kier molecular flexibility index (Phi) is 12.2. The highest BCUT2D eigenvalue weighted by Gasteiger charge is 2.49. The van der Waals surface area contributed by atoms with E-state index < -0.39 is 22.8 Å². The molecule has 2 aromatic carbocycles. The quantitative estimate of drug-likeness (QED) is 0.110. The summed E-state index contributed by atoms with van der Waals surface area (Å²) in [4.78, 5) is 48.1. The Morgan fingerprint density at radius 3 is 1.30 bits per heavy atom. The predicted octanol–water partition coefficient (Wildman–Crippen LogP) is 7.07. The Hall–Kier alpha value is -5.60. The van der Waals surface area contributed by atoms with Crippen LogP contribution in [0.1, 0.15) is 96.3 Å². The fourth-order valence-electron chi connectivity index (χ4n) is 8.54. The third-order valence-corrected chi connectivity index (χ3v) is 12.6. The van der Waals surface area contributed by atoms with Crippen molar-refractivity contribution >= 4 is 11.9 Å². The maximum Gasteiger partial charge on any atom is 0.341 e. The lowest BCUT2D eigenvalue weighted by atomic mass is 9.84. The van der Waals surface area contributed by atoms with Crippen LogP contribution in [-0.2, 0) is 22.3 Å². The first kappa shape index (κ1) is 42.5. The molecule has 2 atom stereocenters. The average Bonchev–Trinajstić information content (AvgIpc) is 4.17. The number of aromatic carboxylic acids is 2. The van der Waals surface area contributed by atoms with Gasteiger partial charge >= 0.3 is 11.9 Å². The molecule has 14 heteroatoms. The van der Waals surface area contributed by atoms with Crippen molar-refractivity contribution in [3.63, 3.8) is 0 Å². The second-order valence-electron chi connectivity index (χ2n) is 16.8. The van der Waals surface area contributed by atoms with Gasteiger partial charge in [0.1, 0.15) is 11.1 Å². The number of carboxylic acid groups (broad SMARTS) is 2. The van der Waals surface area contributed by atoms with Crippen LogP contribution in [0.4, 0.5) is 0 Å². The first-order valence-corrected chi connectivity index (χ1v) is 20.4. The number of nitrogens with zero attached hydrogens (tertiary/aromatic N) is 2. The summed E-state index contributed by atoms with van der Waals surface area (Å²) in [6, 6.07) is 10.8. The smallest absolute Gasteiger partial charge is 0.341 e. The zero-order valence-corrected chi connectivity index (χ0v) is 35.1. The molecule has 4 heterocycles. The maximum absolute atomic E-state index is 12.5. The van der Waals surface area contributed by atoms with Gasteiger partial charge in [0.15, 0.2) is 33.9 Å².